The molecule has 0 N–H and O–H groups in total. The summed E-state index contributed by atoms with van der Waals surface area (Å²) in [5, 5.41) is 5.13. The molecule has 1 atom stereocenters. The number of imidazole rings is 1. The van der Waals surface area contributed by atoms with Gasteiger partial charge >= 0.3 is 0 Å². The van der Waals surface area contributed by atoms with Crippen LogP contribution in [0.1, 0.15) is 31.7 Å². The van der Waals surface area contributed by atoms with Crippen molar-refractivity contribution in [3.8, 4) is 50.5 Å². The number of hydrogen-bond acceptors (Lipinski definition) is 1. The van der Waals surface area contributed by atoms with Crippen LogP contribution in [0.25, 0.3) is 83.0 Å². The lowest BCUT2D eigenvalue weighted by Crippen LogP contribution is -1.97. The van der Waals surface area contributed by atoms with Gasteiger partial charge in [0.25, 0.3) is 0 Å². The highest BCUT2D eigenvalue weighted by molar-refractivity contribution is 6.22. The van der Waals surface area contributed by atoms with Crippen LogP contribution in [-0.4, -0.2) is 9.55 Å². The molecule has 1 heterocycles. The minimum Gasteiger partial charge on any atom is -0.292 e. The fourth-order valence-electron chi connectivity index (χ4n) is 7.67. The first-order valence-electron chi connectivity index (χ1n) is 18.0. The molecule has 0 saturated heterocycles. The molecule has 51 heavy (non-hydrogen) atoms. The Kier molecular flexibility index (Phi) is 7.78. The number of rotatable bonds is 7. The van der Waals surface area contributed by atoms with Gasteiger partial charge < -0.3 is 0 Å². The summed E-state index contributed by atoms with van der Waals surface area (Å²) in [5.74, 6) is 1.43. The summed E-state index contributed by atoms with van der Waals surface area (Å²) in [6.45, 7) is 4.61. The maximum Gasteiger partial charge on any atom is 0.145 e. The van der Waals surface area contributed by atoms with Crippen molar-refractivity contribution < 1.29 is 0 Å². The standard InChI is InChI=1S/C49H38N2/c1-3-33(2)38-25-29-41-43(31-38)47(35-15-7-4-8-16-35)42-30-26-39(32-44(42)48(41)36-17-9-5-10-18-36)34-23-27-40(28-24-34)51-46-22-14-13-21-45(46)50-49(51)37-19-11-6-12-20-37/h4-33H,3H2,1-2H3. The van der Waals surface area contributed by atoms with E-state index in [-0.39, 0.29) is 0 Å². The molecule has 0 bridgehead atoms. The van der Waals surface area contributed by atoms with Gasteiger partial charge in [0.1, 0.15) is 5.82 Å². The molecule has 1 aromatic heterocycles. The Balaban J connectivity index is 1.25. The Morgan fingerprint density at radius 3 is 1.63 bits per heavy atom. The fraction of sp³-hybridized carbons (Fsp3) is 0.0816. The summed E-state index contributed by atoms with van der Waals surface area (Å²) in [4.78, 5) is 5.05. The monoisotopic (exact) mass is 654 g/mol. The summed E-state index contributed by atoms with van der Waals surface area (Å²) < 4.78 is 2.27. The van der Waals surface area contributed by atoms with Gasteiger partial charge in [-0.3, -0.25) is 4.57 Å². The van der Waals surface area contributed by atoms with Crippen LogP contribution in [0.2, 0.25) is 0 Å². The zero-order valence-electron chi connectivity index (χ0n) is 28.9. The zero-order valence-corrected chi connectivity index (χ0v) is 28.9. The number of fused-ring (bicyclic) bond motifs is 3. The molecule has 0 amide bonds. The molecule has 2 heteroatoms. The Bertz CT molecular complexity index is 2650. The van der Waals surface area contributed by atoms with E-state index in [4.69, 9.17) is 4.98 Å². The van der Waals surface area contributed by atoms with Crippen LogP contribution in [0.4, 0.5) is 0 Å². The van der Waals surface area contributed by atoms with Crippen molar-refractivity contribution in [2.24, 2.45) is 0 Å². The number of para-hydroxylation sites is 2. The Labute approximate surface area is 299 Å². The van der Waals surface area contributed by atoms with Crippen LogP contribution >= 0.6 is 0 Å². The lowest BCUT2D eigenvalue weighted by atomic mass is 9.83. The molecule has 1 unspecified atom stereocenters. The number of hydrogen-bond donors (Lipinski definition) is 0. The maximum atomic E-state index is 5.05. The molecule has 8 aromatic carbocycles. The third kappa shape index (κ3) is 5.41. The zero-order chi connectivity index (χ0) is 34.3. The molecule has 0 spiro atoms. The Morgan fingerprint density at radius 1 is 0.471 bits per heavy atom. The minimum absolute atomic E-state index is 0.489. The van der Waals surface area contributed by atoms with Gasteiger partial charge in [-0.2, -0.15) is 0 Å². The average molecular weight is 655 g/mol. The lowest BCUT2D eigenvalue weighted by Gasteiger charge is -2.20. The van der Waals surface area contributed by atoms with Gasteiger partial charge in [0, 0.05) is 11.3 Å². The molecule has 0 aliphatic rings. The first-order valence-corrected chi connectivity index (χ1v) is 18.0. The normalized spacial score (nSPS) is 12.1. The van der Waals surface area contributed by atoms with E-state index in [2.05, 4.69) is 188 Å². The molecule has 0 saturated carbocycles. The topological polar surface area (TPSA) is 17.8 Å². The van der Waals surface area contributed by atoms with E-state index in [1.54, 1.807) is 0 Å². The van der Waals surface area contributed by atoms with Gasteiger partial charge in [-0.15, -0.1) is 0 Å². The Hall–Kier alpha value is -6.25. The highest BCUT2D eigenvalue weighted by Gasteiger charge is 2.19. The summed E-state index contributed by atoms with van der Waals surface area (Å²) >= 11 is 0. The summed E-state index contributed by atoms with van der Waals surface area (Å²) in [6, 6.07) is 63.8. The van der Waals surface area contributed by atoms with E-state index in [9.17, 15) is 0 Å². The molecule has 9 aromatic rings. The predicted molar refractivity (Wildman–Crippen MR) is 217 cm³/mol. The van der Waals surface area contributed by atoms with Crippen molar-refractivity contribution in [2.75, 3.05) is 0 Å². The van der Waals surface area contributed by atoms with Crippen molar-refractivity contribution in [1.29, 1.82) is 0 Å². The van der Waals surface area contributed by atoms with Crippen LogP contribution < -0.4 is 0 Å². The minimum atomic E-state index is 0.489. The van der Waals surface area contributed by atoms with E-state index in [1.165, 1.54) is 60.5 Å². The molecule has 2 nitrogen and oxygen atoms in total. The second kappa shape index (κ2) is 12.9. The summed E-state index contributed by atoms with van der Waals surface area (Å²) in [6.07, 6.45) is 1.11. The fourth-order valence-corrected chi connectivity index (χ4v) is 7.67. The van der Waals surface area contributed by atoms with Crippen molar-refractivity contribution in [3.05, 3.63) is 181 Å². The summed E-state index contributed by atoms with van der Waals surface area (Å²) in [5.41, 5.74) is 13.1. The third-order valence-electron chi connectivity index (χ3n) is 10.5. The molecular weight excluding hydrogens is 617 g/mol. The second-order valence-corrected chi connectivity index (χ2v) is 13.5. The van der Waals surface area contributed by atoms with Crippen molar-refractivity contribution in [2.45, 2.75) is 26.2 Å². The number of benzene rings is 8. The first-order chi connectivity index (χ1) is 25.2. The van der Waals surface area contributed by atoms with Gasteiger partial charge in [-0.1, -0.05) is 159 Å². The van der Waals surface area contributed by atoms with Crippen molar-refractivity contribution in [3.63, 3.8) is 0 Å². The predicted octanol–water partition coefficient (Wildman–Crippen LogP) is 13.5. The van der Waals surface area contributed by atoms with Gasteiger partial charge in [-0.05, 0) is 103 Å². The van der Waals surface area contributed by atoms with Crippen LogP contribution in [0.5, 0.6) is 0 Å². The smallest absolute Gasteiger partial charge is 0.145 e. The quantitative estimate of drug-likeness (QED) is 0.156. The molecule has 244 valence electrons. The molecular formula is C49H38N2. The SMILES string of the molecule is CCC(C)c1ccc2c(-c3ccccc3)c3cc(-c4ccc(-n5c(-c6ccccc6)nc6ccccc65)cc4)ccc3c(-c3ccccc3)c2c1. The lowest BCUT2D eigenvalue weighted by molar-refractivity contribution is 0.735. The van der Waals surface area contributed by atoms with Crippen molar-refractivity contribution in [1.82, 2.24) is 9.55 Å². The van der Waals surface area contributed by atoms with Gasteiger partial charge in [0.05, 0.1) is 11.0 Å². The average Bonchev–Trinajstić information content (AvgIpc) is 3.60. The first kappa shape index (κ1) is 30.8. The van der Waals surface area contributed by atoms with Crippen LogP contribution in [0.3, 0.4) is 0 Å². The van der Waals surface area contributed by atoms with Crippen LogP contribution in [0.15, 0.2) is 176 Å². The second-order valence-electron chi connectivity index (χ2n) is 13.5. The largest absolute Gasteiger partial charge is 0.292 e. The van der Waals surface area contributed by atoms with E-state index in [0.717, 1.165) is 34.5 Å². The highest BCUT2D eigenvalue weighted by Crippen LogP contribution is 2.45. The van der Waals surface area contributed by atoms with Crippen LogP contribution in [0, 0.1) is 0 Å². The van der Waals surface area contributed by atoms with E-state index in [0.29, 0.717) is 5.92 Å². The third-order valence-corrected chi connectivity index (χ3v) is 10.5. The van der Waals surface area contributed by atoms with Crippen molar-refractivity contribution >= 4 is 32.6 Å². The molecule has 0 radical (unpaired) electrons. The van der Waals surface area contributed by atoms with E-state index in [1.807, 2.05) is 6.07 Å². The van der Waals surface area contributed by atoms with E-state index < -0.39 is 0 Å². The number of aromatic nitrogens is 2. The van der Waals surface area contributed by atoms with Gasteiger partial charge in [0.15, 0.2) is 0 Å². The van der Waals surface area contributed by atoms with Gasteiger partial charge in [0.2, 0.25) is 0 Å². The molecule has 0 fully saturated rings. The molecule has 9 rings (SSSR count). The number of nitrogens with zero attached hydrogens (tertiary/aromatic N) is 2. The maximum absolute atomic E-state index is 5.05. The molecule has 0 aliphatic carbocycles. The summed E-state index contributed by atoms with van der Waals surface area (Å²) in [7, 11) is 0. The van der Waals surface area contributed by atoms with Gasteiger partial charge in [-0.25, -0.2) is 4.98 Å². The Morgan fingerprint density at radius 2 is 1.00 bits per heavy atom. The van der Waals surface area contributed by atoms with E-state index >= 15 is 0 Å². The highest BCUT2D eigenvalue weighted by atomic mass is 15.1. The molecule has 0 aliphatic heterocycles. The van der Waals surface area contributed by atoms with Crippen LogP contribution in [-0.2, 0) is 0 Å².